The molecule has 0 spiro atoms. The number of aromatic nitrogens is 2. The topological polar surface area (TPSA) is 73.1 Å². The molecular formula is C17H13F3N2O3S. The van der Waals surface area contributed by atoms with Crippen molar-refractivity contribution in [2.75, 3.05) is 0 Å². The van der Waals surface area contributed by atoms with E-state index in [9.17, 15) is 21.6 Å². The predicted molar refractivity (Wildman–Crippen MR) is 86.8 cm³/mol. The number of aryl methyl sites for hydroxylation is 1. The quantitative estimate of drug-likeness (QED) is 0.681. The van der Waals surface area contributed by atoms with Gasteiger partial charge in [0.15, 0.2) is 9.84 Å². The number of alkyl halides is 3. The zero-order valence-electron chi connectivity index (χ0n) is 13.5. The fourth-order valence-electron chi connectivity index (χ4n) is 2.22. The Labute approximate surface area is 147 Å². The molecule has 0 unspecified atom stereocenters. The molecule has 0 N–H and O–H groups in total. The first-order chi connectivity index (χ1) is 12.1. The van der Waals surface area contributed by atoms with Crippen molar-refractivity contribution in [1.29, 1.82) is 0 Å². The van der Waals surface area contributed by atoms with E-state index < -0.39 is 27.3 Å². The molecule has 0 bridgehead atoms. The molecule has 0 radical (unpaired) electrons. The maximum Gasteiger partial charge on any atom is 0.416 e. The molecule has 0 saturated heterocycles. The van der Waals surface area contributed by atoms with Crippen LogP contribution in [0.15, 0.2) is 57.8 Å². The van der Waals surface area contributed by atoms with E-state index in [2.05, 4.69) is 10.2 Å². The second-order valence-electron chi connectivity index (χ2n) is 5.65. The number of hydrogen-bond acceptors (Lipinski definition) is 5. The van der Waals surface area contributed by atoms with Gasteiger partial charge in [0.1, 0.15) is 5.75 Å². The van der Waals surface area contributed by atoms with Gasteiger partial charge < -0.3 is 4.42 Å². The minimum absolute atomic E-state index is 0.0483. The maximum absolute atomic E-state index is 12.6. The molecule has 0 aliphatic rings. The van der Waals surface area contributed by atoms with Crippen LogP contribution in [0, 0.1) is 6.92 Å². The van der Waals surface area contributed by atoms with Crippen molar-refractivity contribution in [2.45, 2.75) is 23.7 Å². The Morgan fingerprint density at radius 1 is 0.962 bits per heavy atom. The molecule has 3 aromatic rings. The Morgan fingerprint density at radius 2 is 1.58 bits per heavy atom. The second kappa shape index (κ2) is 6.56. The fraction of sp³-hybridized carbons (Fsp3) is 0.176. The molecular weight excluding hydrogens is 369 g/mol. The van der Waals surface area contributed by atoms with E-state index in [0.717, 1.165) is 17.7 Å². The summed E-state index contributed by atoms with van der Waals surface area (Å²) in [5.41, 5.74) is 0.388. The average molecular weight is 382 g/mol. The lowest BCUT2D eigenvalue weighted by atomic mass is 10.1. The third-order valence-corrected chi connectivity index (χ3v) is 5.24. The van der Waals surface area contributed by atoms with Crippen LogP contribution < -0.4 is 0 Å². The first-order valence-corrected chi connectivity index (χ1v) is 9.10. The summed E-state index contributed by atoms with van der Waals surface area (Å²) in [6, 6.07) is 10.5. The molecule has 2 aromatic carbocycles. The Balaban J connectivity index is 1.80. The standard InChI is InChI=1S/C17H13F3N2O3S/c1-11-2-8-14(9-3-11)26(23,24)10-15-21-22-16(25-15)12-4-6-13(7-5-12)17(18,19)20/h2-9H,10H2,1H3. The lowest BCUT2D eigenvalue weighted by Crippen LogP contribution is -2.05. The van der Waals surface area contributed by atoms with Crippen LogP contribution in [-0.2, 0) is 21.8 Å². The lowest BCUT2D eigenvalue weighted by molar-refractivity contribution is -0.137. The SMILES string of the molecule is Cc1ccc(S(=O)(=O)Cc2nnc(-c3ccc(C(F)(F)F)cc3)o2)cc1. The average Bonchev–Trinajstić information content (AvgIpc) is 3.02. The summed E-state index contributed by atoms with van der Waals surface area (Å²) in [5.74, 6) is -0.683. The lowest BCUT2D eigenvalue weighted by Gasteiger charge is -2.05. The summed E-state index contributed by atoms with van der Waals surface area (Å²) < 4.78 is 67.8. The molecule has 1 aromatic heterocycles. The molecule has 1 heterocycles. The van der Waals surface area contributed by atoms with E-state index in [1.807, 2.05) is 6.92 Å². The Hall–Kier alpha value is -2.68. The normalized spacial score (nSPS) is 12.3. The van der Waals surface area contributed by atoms with Crippen LogP contribution in [0.25, 0.3) is 11.5 Å². The summed E-state index contributed by atoms with van der Waals surface area (Å²) in [7, 11) is -3.67. The summed E-state index contributed by atoms with van der Waals surface area (Å²) in [6.45, 7) is 1.84. The van der Waals surface area contributed by atoms with Crippen LogP contribution in [0.4, 0.5) is 13.2 Å². The summed E-state index contributed by atoms with van der Waals surface area (Å²) >= 11 is 0. The Kier molecular flexibility index (Phi) is 4.57. The number of rotatable bonds is 4. The van der Waals surface area contributed by atoms with Crippen molar-refractivity contribution in [3.63, 3.8) is 0 Å². The highest BCUT2D eigenvalue weighted by Gasteiger charge is 2.30. The molecule has 0 aliphatic carbocycles. The van der Waals surface area contributed by atoms with Gasteiger partial charge >= 0.3 is 6.18 Å². The number of hydrogen-bond donors (Lipinski definition) is 0. The largest absolute Gasteiger partial charge is 0.420 e. The fourth-order valence-corrected chi connectivity index (χ4v) is 3.38. The van der Waals surface area contributed by atoms with Crippen molar-refractivity contribution in [2.24, 2.45) is 0 Å². The highest BCUT2D eigenvalue weighted by Crippen LogP contribution is 2.30. The molecule has 3 rings (SSSR count). The van der Waals surface area contributed by atoms with Gasteiger partial charge in [-0.25, -0.2) is 8.42 Å². The van der Waals surface area contributed by atoms with E-state index >= 15 is 0 Å². The third-order valence-electron chi connectivity index (χ3n) is 3.62. The van der Waals surface area contributed by atoms with Gasteiger partial charge in [-0.2, -0.15) is 13.2 Å². The van der Waals surface area contributed by atoms with Crippen LogP contribution in [-0.4, -0.2) is 18.6 Å². The maximum atomic E-state index is 12.6. The minimum atomic E-state index is -4.44. The molecule has 0 atom stereocenters. The van der Waals surface area contributed by atoms with Gasteiger partial charge in [0, 0.05) is 5.56 Å². The van der Waals surface area contributed by atoms with Crippen LogP contribution in [0.5, 0.6) is 0 Å². The Morgan fingerprint density at radius 3 is 2.15 bits per heavy atom. The first kappa shape index (κ1) is 18.1. The number of halogens is 3. The highest BCUT2D eigenvalue weighted by atomic mass is 32.2. The van der Waals surface area contributed by atoms with Gasteiger partial charge in [-0.05, 0) is 43.3 Å². The van der Waals surface area contributed by atoms with E-state index in [1.54, 1.807) is 12.1 Å². The molecule has 136 valence electrons. The molecule has 5 nitrogen and oxygen atoms in total. The minimum Gasteiger partial charge on any atom is -0.420 e. The Bertz CT molecular complexity index is 1010. The van der Waals surface area contributed by atoms with Gasteiger partial charge in [0.2, 0.25) is 11.8 Å². The van der Waals surface area contributed by atoms with E-state index in [0.29, 0.717) is 0 Å². The van der Waals surface area contributed by atoms with Gasteiger partial charge in [-0.15, -0.1) is 10.2 Å². The third kappa shape index (κ3) is 3.93. The number of sulfone groups is 1. The first-order valence-electron chi connectivity index (χ1n) is 7.44. The van der Waals surface area contributed by atoms with Gasteiger partial charge in [-0.3, -0.25) is 0 Å². The van der Waals surface area contributed by atoms with Gasteiger partial charge in [0.05, 0.1) is 10.5 Å². The number of nitrogens with zero attached hydrogens (tertiary/aromatic N) is 2. The second-order valence-corrected chi connectivity index (χ2v) is 7.64. The molecule has 0 saturated carbocycles. The molecule has 9 heteroatoms. The summed E-state index contributed by atoms with van der Waals surface area (Å²) in [6.07, 6.45) is -4.44. The van der Waals surface area contributed by atoms with Crippen LogP contribution in [0.1, 0.15) is 17.0 Å². The predicted octanol–water partition coefficient (Wildman–Crippen LogP) is 4.04. The van der Waals surface area contributed by atoms with Gasteiger partial charge in [0.25, 0.3) is 0 Å². The summed E-state index contributed by atoms with van der Waals surface area (Å²) in [5, 5.41) is 7.38. The highest BCUT2D eigenvalue weighted by molar-refractivity contribution is 7.90. The van der Waals surface area contributed by atoms with Crippen molar-refractivity contribution >= 4 is 9.84 Å². The molecule has 0 fully saturated rings. The van der Waals surface area contributed by atoms with Crippen molar-refractivity contribution < 1.29 is 26.0 Å². The van der Waals surface area contributed by atoms with Crippen molar-refractivity contribution in [3.8, 4) is 11.5 Å². The van der Waals surface area contributed by atoms with E-state index in [-0.39, 0.29) is 22.2 Å². The van der Waals surface area contributed by atoms with Crippen molar-refractivity contribution in [1.82, 2.24) is 10.2 Å². The molecule has 26 heavy (non-hydrogen) atoms. The van der Waals surface area contributed by atoms with Crippen molar-refractivity contribution in [3.05, 3.63) is 65.5 Å². The number of benzene rings is 2. The van der Waals surface area contributed by atoms with Crippen LogP contribution in [0.3, 0.4) is 0 Å². The monoisotopic (exact) mass is 382 g/mol. The van der Waals surface area contributed by atoms with Crippen LogP contribution in [0.2, 0.25) is 0 Å². The van der Waals surface area contributed by atoms with E-state index in [4.69, 9.17) is 4.42 Å². The van der Waals surface area contributed by atoms with E-state index in [1.165, 1.54) is 24.3 Å². The smallest absolute Gasteiger partial charge is 0.416 e. The molecule has 0 aliphatic heterocycles. The zero-order valence-corrected chi connectivity index (χ0v) is 14.3. The zero-order chi connectivity index (χ0) is 18.9. The molecule has 0 amide bonds. The summed E-state index contributed by atoms with van der Waals surface area (Å²) in [4.78, 5) is 0.123. The van der Waals surface area contributed by atoms with Gasteiger partial charge in [-0.1, -0.05) is 17.7 Å². The van der Waals surface area contributed by atoms with Crippen LogP contribution >= 0.6 is 0 Å².